The van der Waals surface area contributed by atoms with Gasteiger partial charge in [-0.3, -0.25) is 0 Å². The summed E-state index contributed by atoms with van der Waals surface area (Å²) in [6.45, 7) is 2.53. The molecule has 0 aliphatic carbocycles. The van der Waals surface area contributed by atoms with Crippen LogP contribution in [0.3, 0.4) is 0 Å². The largest absolute Gasteiger partial charge is 0.423 e. The molecule has 3 rings (SSSR count). The normalized spacial score (nSPS) is 10.8. The topological polar surface area (TPSA) is 42.2 Å². The maximum atomic E-state index is 12.9. The van der Waals surface area contributed by atoms with Gasteiger partial charge in [-0.05, 0) is 47.9 Å². The molecule has 0 atom stereocenters. The van der Waals surface area contributed by atoms with E-state index < -0.39 is 0 Å². The molecule has 0 radical (unpaired) electrons. The van der Waals surface area contributed by atoms with E-state index in [0.717, 1.165) is 28.6 Å². The van der Waals surface area contributed by atoms with Gasteiger partial charge in [0.1, 0.15) is 11.4 Å². The molecule has 0 bridgehead atoms. The Morgan fingerprint density at radius 1 is 1.09 bits per heavy atom. The average Bonchev–Trinajstić information content (AvgIpc) is 2.53. The number of anilines is 1. The van der Waals surface area contributed by atoms with Gasteiger partial charge in [-0.1, -0.05) is 19.1 Å². The van der Waals surface area contributed by atoms with Crippen LogP contribution in [0.5, 0.6) is 0 Å². The number of hydrogen-bond acceptors (Lipinski definition) is 3. The molecule has 22 heavy (non-hydrogen) atoms. The standard InChI is InChI=1S/C18H16FNO2/c1-2-12-3-8-16-13(10-18(21)22-17(16)9-12)11-20-15-6-4-14(19)5-7-15/h3-10,20H,2,11H2,1H3. The molecule has 112 valence electrons. The van der Waals surface area contributed by atoms with Crippen molar-refractivity contribution in [1.29, 1.82) is 0 Å². The molecule has 0 aliphatic heterocycles. The van der Waals surface area contributed by atoms with Gasteiger partial charge in [-0.15, -0.1) is 0 Å². The predicted octanol–water partition coefficient (Wildman–Crippen LogP) is 4.11. The van der Waals surface area contributed by atoms with Crippen molar-refractivity contribution in [3.8, 4) is 0 Å². The van der Waals surface area contributed by atoms with Gasteiger partial charge in [-0.2, -0.15) is 0 Å². The third-order valence-electron chi connectivity index (χ3n) is 3.63. The summed E-state index contributed by atoms with van der Waals surface area (Å²) in [5.41, 5.74) is 3.02. The van der Waals surface area contributed by atoms with E-state index in [9.17, 15) is 9.18 Å². The molecule has 0 saturated heterocycles. The Hall–Kier alpha value is -2.62. The highest BCUT2D eigenvalue weighted by atomic mass is 19.1. The van der Waals surface area contributed by atoms with Crippen LogP contribution in [0.1, 0.15) is 18.1 Å². The SMILES string of the molecule is CCc1ccc2c(CNc3ccc(F)cc3)cc(=O)oc2c1. The van der Waals surface area contributed by atoms with Gasteiger partial charge in [0.05, 0.1) is 0 Å². The monoisotopic (exact) mass is 297 g/mol. The zero-order valence-corrected chi connectivity index (χ0v) is 12.2. The highest BCUT2D eigenvalue weighted by molar-refractivity contribution is 5.81. The molecule has 1 N–H and O–H groups in total. The van der Waals surface area contributed by atoms with Crippen molar-refractivity contribution >= 4 is 16.7 Å². The van der Waals surface area contributed by atoms with Crippen molar-refractivity contribution in [1.82, 2.24) is 0 Å². The number of halogens is 1. The van der Waals surface area contributed by atoms with E-state index in [-0.39, 0.29) is 11.4 Å². The van der Waals surface area contributed by atoms with Gasteiger partial charge >= 0.3 is 5.63 Å². The number of rotatable bonds is 4. The molecule has 3 aromatic rings. The van der Waals surface area contributed by atoms with E-state index in [2.05, 4.69) is 12.2 Å². The molecular weight excluding hydrogens is 281 g/mol. The molecule has 0 aliphatic rings. The molecule has 0 unspecified atom stereocenters. The van der Waals surface area contributed by atoms with E-state index in [1.54, 1.807) is 12.1 Å². The first-order valence-electron chi connectivity index (χ1n) is 7.21. The minimum atomic E-state index is -0.364. The summed E-state index contributed by atoms with van der Waals surface area (Å²) in [7, 11) is 0. The predicted molar refractivity (Wildman–Crippen MR) is 85.6 cm³/mol. The molecule has 0 fully saturated rings. The van der Waals surface area contributed by atoms with Crippen LogP contribution in [0, 0.1) is 5.82 Å². The Bertz CT molecular complexity index is 853. The van der Waals surface area contributed by atoms with Crippen LogP contribution in [0.4, 0.5) is 10.1 Å². The summed E-state index contributed by atoms with van der Waals surface area (Å²) in [5.74, 6) is -0.275. The molecule has 1 heterocycles. The van der Waals surface area contributed by atoms with Crippen molar-refractivity contribution in [3.05, 3.63) is 75.9 Å². The van der Waals surface area contributed by atoms with Crippen LogP contribution in [0.15, 0.2) is 57.7 Å². The highest BCUT2D eigenvalue weighted by Crippen LogP contribution is 2.20. The number of hydrogen-bond donors (Lipinski definition) is 1. The first-order chi connectivity index (χ1) is 10.7. The molecule has 0 saturated carbocycles. The van der Waals surface area contributed by atoms with Gasteiger partial charge in [-0.25, -0.2) is 9.18 Å². The summed E-state index contributed by atoms with van der Waals surface area (Å²) in [5, 5.41) is 4.10. The number of nitrogens with one attached hydrogen (secondary N) is 1. The molecule has 1 aromatic heterocycles. The van der Waals surface area contributed by atoms with Crippen molar-refractivity contribution in [2.45, 2.75) is 19.9 Å². The quantitative estimate of drug-likeness (QED) is 0.737. The number of fused-ring (bicyclic) bond motifs is 1. The van der Waals surface area contributed by atoms with Crippen LogP contribution in [0.25, 0.3) is 11.0 Å². The molecule has 0 amide bonds. The molecule has 4 heteroatoms. The van der Waals surface area contributed by atoms with Crippen molar-refractivity contribution < 1.29 is 8.81 Å². The van der Waals surface area contributed by atoms with Crippen LogP contribution in [0.2, 0.25) is 0 Å². The Kier molecular flexibility index (Phi) is 3.92. The van der Waals surface area contributed by atoms with Crippen molar-refractivity contribution in [2.24, 2.45) is 0 Å². The van der Waals surface area contributed by atoms with Gasteiger partial charge in [0.15, 0.2) is 0 Å². The second kappa shape index (κ2) is 6.02. The van der Waals surface area contributed by atoms with E-state index in [1.165, 1.54) is 18.2 Å². The van der Waals surface area contributed by atoms with Crippen molar-refractivity contribution in [2.75, 3.05) is 5.32 Å². The van der Waals surface area contributed by atoms with E-state index >= 15 is 0 Å². The number of aryl methyl sites for hydroxylation is 1. The van der Waals surface area contributed by atoms with Gasteiger partial charge in [0.2, 0.25) is 0 Å². The number of benzene rings is 2. The molecule has 2 aromatic carbocycles. The van der Waals surface area contributed by atoms with Gasteiger partial charge in [0.25, 0.3) is 0 Å². The smallest absolute Gasteiger partial charge is 0.336 e. The lowest BCUT2D eigenvalue weighted by Crippen LogP contribution is -2.06. The van der Waals surface area contributed by atoms with E-state index in [0.29, 0.717) is 12.1 Å². The summed E-state index contributed by atoms with van der Waals surface area (Å²) >= 11 is 0. The third kappa shape index (κ3) is 3.01. The van der Waals surface area contributed by atoms with E-state index in [4.69, 9.17) is 4.42 Å². The fraction of sp³-hybridized carbons (Fsp3) is 0.167. The van der Waals surface area contributed by atoms with Crippen LogP contribution in [-0.4, -0.2) is 0 Å². The summed E-state index contributed by atoms with van der Waals surface area (Å²) < 4.78 is 18.2. The van der Waals surface area contributed by atoms with Gasteiger partial charge in [0, 0.05) is 23.7 Å². The molecule has 3 nitrogen and oxygen atoms in total. The molecule has 0 spiro atoms. The Morgan fingerprint density at radius 3 is 2.59 bits per heavy atom. The second-order valence-electron chi connectivity index (χ2n) is 5.14. The maximum absolute atomic E-state index is 12.9. The Morgan fingerprint density at radius 2 is 1.86 bits per heavy atom. The summed E-state index contributed by atoms with van der Waals surface area (Å²) in [4.78, 5) is 11.7. The zero-order chi connectivity index (χ0) is 15.5. The lowest BCUT2D eigenvalue weighted by atomic mass is 10.1. The zero-order valence-electron chi connectivity index (χ0n) is 12.2. The first-order valence-corrected chi connectivity index (χ1v) is 7.21. The fourth-order valence-corrected chi connectivity index (χ4v) is 2.41. The first kappa shape index (κ1) is 14.3. The van der Waals surface area contributed by atoms with Gasteiger partial charge < -0.3 is 9.73 Å². The Labute approximate surface area is 127 Å². The lowest BCUT2D eigenvalue weighted by Gasteiger charge is -2.09. The second-order valence-corrected chi connectivity index (χ2v) is 5.14. The third-order valence-corrected chi connectivity index (χ3v) is 3.63. The highest BCUT2D eigenvalue weighted by Gasteiger charge is 2.06. The minimum absolute atomic E-state index is 0.275. The van der Waals surface area contributed by atoms with Crippen LogP contribution in [-0.2, 0) is 13.0 Å². The summed E-state index contributed by atoms with van der Waals surface area (Å²) in [6.07, 6.45) is 0.887. The van der Waals surface area contributed by atoms with Crippen LogP contribution < -0.4 is 10.9 Å². The lowest BCUT2D eigenvalue weighted by molar-refractivity contribution is 0.559. The average molecular weight is 297 g/mol. The maximum Gasteiger partial charge on any atom is 0.336 e. The van der Waals surface area contributed by atoms with E-state index in [1.807, 2.05) is 18.2 Å². The van der Waals surface area contributed by atoms with Crippen molar-refractivity contribution in [3.63, 3.8) is 0 Å². The Balaban J connectivity index is 1.92. The van der Waals surface area contributed by atoms with Crippen LogP contribution >= 0.6 is 0 Å². The minimum Gasteiger partial charge on any atom is -0.423 e. The molecular formula is C18H16FNO2. The fourth-order valence-electron chi connectivity index (χ4n) is 2.41. The summed E-state index contributed by atoms with van der Waals surface area (Å²) in [6, 6.07) is 13.5.